The smallest absolute Gasteiger partial charge is 0.0701 e. The number of aliphatic hydroxyl groups is 1. The van der Waals surface area contributed by atoms with Gasteiger partial charge in [-0.25, -0.2) is 0 Å². The Morgan fingerprint density at radius 2 is 1.73 bits per heavy atom. The van der Waals surface area contributed by atoms with E-state index in [9.17, 15) is 0 Å². The first-order valence-electron chi connectivity index (χ1n) is 4.51. The minimum Gasteiger partial charge on any atom is -0.392 e. The summed E-state index contributed by atoms with van der Waals surface area (Å²) in [5, 5.41) is 8.88. The Labute approximate surface area is 90.2 Å². The lowest BCUT2D eigenvalue weighted by molar-refractivity contribution is 0.282. The normalized spacial score (nSPS) is 9.40. The molecule has 2 rings (SSSR count). The summed E-state index contributed by atoms with van der Waals surface area (Å²) in [6.45, 7) is 0.0858. The zero-order valence-electron chi connectivity index (χ0n) is 7.72. The van der Waals surface area contributed by atoms with Gasteiger partial charge in [-0.05, 0) is 17.7 Å². The number of rotatable bonds is 2. The van der Waals surface area contributed by atoms with Crippen LogP contribution in [-0.4, -0.2) is 10.1 Å². The lowest BCUT2D eigenvalue weighted by atomic mass is 10.1. The first kappa shape index (κ1) is 11.4. The highest BCUT2D eigenvalue weighted by molar-refractivity contribution is 5.58. The van der Waals surface area contributed by atoms with Crippen molar-refractivity contribution < 1.29 is 5.11 Å². The molecule has 0 aliphatic heterocycles. The molecule has 15 heavy (non-hydrogen) atoms. The second-order valence-corrected chi connectivity index (χ2v) is 3.07. The minimum atomic E-state index is 0. The quantitative estimate of drug-likeness (QED) is 0.810. The number of aliphatic hydroxyl groups excluding tert-OH is 1. The van der Waals surface area contributed by atoms with E-state index in [2.05, 4.69) is 4.98 Å². The van der Waals surface area contributed by atoms with Crippen LogP contribution in [0, 0.1) is 0 Å². The number of hydrogen-bond donors (Lipinski definition) is 1. The number of pyridine rings is 1. The van der Waals surface area contributed by atoms with E-state index in [4.69, 9.17) is 5.11 Å². The molecule has 2 heteroatoms. The van der Waals surface area contributed by atoms with Gasteiger partial charge in [0.25, 0.3) is 0 Å². The van der Waals surface area contributed by atoms with Crippen molar-refractivity contribution in [1.29, 1.82) is 0 Å². The maximum absolute atomic E-state index is 8.88. The molecule has 0 saturated heterocycles. The Hall–Kier alpha value is -1.67. The Kier molecular flexibility index (Phi) is 4.01. The summed E-state index contributed by atoms with van der Waals surface area (Å²) in [5.41, 5.74) is 2.95. The summed E-state index contributed by atoms with van der Waals surface area (Å²) in [7, 11) is 0. The SMILES string of the molecule is C.OCc1ccc(-c2ccccn2)cc1. The molecule has 0 aliphatic rings. The van der Waals surface area contributed by atoms with Crippen LogP contribution in [0.25, 0.3) is 11.3 Å². The average Bonchev–Trinajstić information content (AvgIpc) is 2.30. The third-order valence-electron chi connectivity index (χ3n) is 2.10. The van der Waals surface area contributed by atoms with Gasteiger partial charge in [-0.2, -0.15) is 0 Å². The summed E-state index contributed by atoms with van der Waals surface area (Å²) in [4.78, 5) is 4.24. The molecule has 2 nitrogen and oxygen atoms in total. The van der Waals surface area contributed by atoms with Gasteiger partial charge in [-0.15, -0.1) is 0 Å². The third-order valence-corrected chi connectivity index (χ3v) is 2.10. The van der Waals surface area contributed by atoms with Crippen LogP contribution >= 0.6 is 0 Å². The molecule has 0 aliphatic carbocycles. The number of aromatic nitrogens is 1. The van der Waals surface area contributed by atoms with E-state index >= 15 is 0 Å². The molecule has 1 aromatic heterocycles. The molecule has 0 amide bonds. The molecule has 2 aromatic rings. The van der Waals surface area contributed by atoms with Crippen molar-refractivity contribution in [3.8, 4) is 11.3 Å². The molecule has 0 radical (unpaired) electrons. The highest BCUT2D eigenvalue weighted by atomic mass is 16.3. The summed E-state index contributed by atoms with van der Waals surface area (Å²) >= 11 is 0. The molecular weight excluding hydrogens is 186 g/mol. The lowest BCUT2D eigenvalue weighted by Gasteiger charge is -2.00. The van der Waals surface area contributed by atoms with Crippen molar-refractivity contribution in [3.05, 3.63) is 54.2 Å². The number of nitrogens with zero attached hydrogens (tertiary/aromatic N) is 1. The predicted molar refractivity (Wildman–Crippen MR) is 62.3 cm³/mol. The Morgan fingerprint density at radius 1 is 1.00 bits per heavy atom. The topological polar surface area (TPSA) is 33.1 Å². The molecule has 78 valence electrons. The largest absolute Gasteiger partial charge is 0.392 e. The Balaban J connectivity index is 0.00000112. The lowest BCUT2D eigenvalue weighted by Crippen LogP contribution is -1.84. The van der Waals surface area contributed by atoms with E-state index in [-0.39, 0.29) is 14.0 Å². The zero-order chi connectivity index (χ0) is 9.80. The van der Waals surface area contributed by atoms with Crippen LogP contribution < -0.4 is 0 Å². The second kappa shape index (κ2) is 5.27. The second-order valence-electron chi connectivity index (χ2n) is 3.07. The Bertz CT molecular complexity index is 395. The van der Waals surface area contributed by atoms with Crippen LogP contribution in [-0.2, 0) is 6.61 Å². The summed E-state index contributed by atoms with van der Waals surface area (Å²) in [6, 6.07) is 13.6. The maximum atomic E-state index is 8.88. The molecule has 1 aromatic carbocycles. The molecule has 0 fully saturated rings. The molecule has 0 bridgehead atoms. The monoisotopic (exact) mass is 201 g/mol. The third kappa shape index (κ3) is 2.64. The van der Waals surface area contributed by atoms with E-state index in [1.807, 2.05) is 42.5 Å². The van der Waals surface area contributed by atoms with E-state index in [1.54, 1.807) is 6.20 Å². The van der Waals surface area contributed by atoms with Crippen molar-refractivity contribution in [2.24, 2.45) is 0 Å². The van der Waals surface area contributed by atoms with Crippen LogP contribution in [0.1, 0.15) is 13.0 Å². The first-order valence-corrected chi connectivity index (χ1v) is 4.51. The van der Waals surface area contributed by atoms with Gasteiger partial charge in [-0.3, -0.25) is 4.98 Å². The minimum absolute atomic E-state index is 0. The summed E-state index contributed by atoms with van der Waals surface area (Å²) < 4.78 is 0. The van der Waals surface area contributed by atoms with Crippen LogP contribution in [0.5, 0.6) is 0 Å². The molecule has 0 saturated carbocycles. The maximum Gasteiger partial charge on any atom is 0.0701 e. The first-order chi connectivity index (χ1) is 6.90. The fourth-order valence-corrected chi connectivity index (χ4v) is 1.31. The molecule has 1 heterocycles. The van der Waals surface area contributed by atoms with Crippen LogP contribution in [0.3, 0.4) is 0 Å². The van der Waals surface area contributed by atoms with Gasteiger partial charge in [-0.1, -0.05) is 37.8 Å². The van der Waals surface area contributed by atoms with Gasteiger partial charge in [0.05, 0.1) is 12.3 Å². The zero-order valence-corrected chi connectivity index (χ0v) is 7.72. The molecular formula is C13H15NO. The van der Waals surface area contributed by atoms with Gasteiger partial charge < -0.3 is 5.11 Å². The number of hydrogen-bond acceptors (Lipinski definition) is 2. The standard InChI is InChI=1S/C12H11NO.CH4/c14-9-10-4-6-11(7-5-10)12-3-1-2-8-13-12;/h1-8,14H,9H2;1H4. The molecule has 0 spiro atoms. The van der Waals surface area contributed by atoms with Crippen molar-refractivity contribution in [1.82, 2.24) is 4.98 Å². The van der Waals surface area contributed by atoms with E-state index in [1.165, 1.54) is 0 Å². The van der Waals surface area contributed by atoms with Gasteiger partial charge in [0.15, 0.2) is 0 Å². The van der Waals surface area contributed by atoms with E-state index < -0.39 is 0 Å². The van der Waals surface area contributed by atoms with E-state index in [0.717, 1.165) is 16.8 Å². The predicted octanol–water partition coefficient (Wildman–Crippen LogP) is 2.88. The van der Waals surface area contributed by atoms with Crippen LogP contribution in [0.4, 0.5) is 0 Å². The van der Waals surface area contributed by atoms with Crippen molar-refractivity contribution in [2.75, 3.05) is 0 Å². The summed E-state index contributed by atoms with van der Waals surface area (Å²) in [6.07, 6.45) is 1.77. The molecule has 0 unspecified atom stereocenters. The van der Waals surface area contributed by atoms with Gasteiger partial charge in [0, 0.05) is 11.8 Å². The van der Waals surface area contributed by atoms with Gasteiger partial charge in [0.2, 0.25) is 0 Å². The highest BCUT2D eigenvalue weighted by Gasteiger charge is 1.97. The highest BCUT2D eigenvalue weighted by Crippen LogP contribution is 2.16. The van der Waals surface area contributed by atoms with Crippen molar-refractivity contribution in [3.63, 3.8) is 0 Å². The van der Waals surface area contributed by atoms with E-state index in [0.29, 0.717) is 0 Å². The fourth-order valence-electron chi connectivity index (χ4n) is 1.31. The molecule has 0 atom stereocenters. The summed E-state index contributed by atoms with van der Waals surface area (Å²) in [5.74, 6) is 0. The molecule has 1 N–H and O–H groups in total. The van der Waals surface area contributed by atoms with Gasteiger partial charge >= 0.3 is 0 Å². The van der Waals surface area contributed by atoms with Crippen molar-refractivity contribution >= 4 is 0 Å². The van der Waals surface area contributed by atoms with Gasteiger partial charge in [0.1, 0.15) is 0 Å². The fraction of sp³-hybridized carbons (Fsp3) is 0.154. The number of benzene rings is 1. The van der Waals surface area contributed by atoms with Crippen LogP contribution in [0.2, 0.25) is 0 Å². The average molecular weight is 201 g/mol. The van der Waals surface area contributed by atoms with Crippen LogP contribution in [0.15, 0.2) is 48.7 Å². The van der Waals surface area contributed by atoms with Crippen molar-refractivity contribution in [2.45, 2.75) is 14.0 Å². The Morgan fingerprint density at radius 3 is 2.27 bits per heavy atom.